The molecule has 0 saturated carbocycles. The lowest BCUT2D eigenvalue weighted by Gasteiger charge is -2.23. The third kappa shape index (κ3) is 6.24. The van der Waals surface area contributed by atoms with E-state index in [9.17, 15) is 13.2 Å². The van der Waals surface area contributed by atoms with E-state index in [1.807, 2.05) is 26.8 Å². The molecule has 4 rings (SSSR count). The van der Waals surface area contributed by atoms with Crippen molar-refractivity contribution >= 4 is 39.4 Å². The minimum absolute atomic E-state index is 0.0817. The van der Waals surface area contributed by atoms with Gasteiger partial charge in [-0.1, -0.05) is 47.0 Å². The summed E-state index contributed by atoms with van der Waals surface area (Å²) in [5.41, 5.74) is 10.0. The van der Waals surface area contributed by atoms with Gasteiger partial charge in [0, 0.05) is 27.7 Å². The second kappa shape index (κ2) is 11.5. The van der Waals surface area contributed by atoms with E-state index in [4.69, 9.17) is 11.6 Å². The fourth-order valence-corrected chi connectivity index (χ4v) is 5.99. The summed E-state index contributed by atoms with van der Waals surface area (Å²) in [4.78, 5) is 13.0. The highest BCUT2D eigenvalue weighted by molar-refractivity contribution is 7.92. The zero-order valence-corrected chi connectivity index (χ0v) is 24.1. The van der Waals surface area contributed by atoms with E-state index >= 15 is 0 Å². The Morgan fingerprint density at radius 1 is 0.923 bits per heavy atom. The number of aryl methyl sites for hydroxylation is 4. The summed E-state index contributed by atoms with van der Waals surface area (Å²) in [7, 11) is -4.03. The van der Waals surface area contributed by atoms with Gasteiger partial charge in [0.1, 0.15) is 6.54 Å². The molecular formula is C30H31ClN4O3S. The molecule has 202 valence electrons. The van der Waals surface area contributed by atoms with Crippen molar-refractivity contribution < 1.29 is 13.2 Å². The summed E-state index contributed by atoms with van der Waals surface area (Å²) in [6.07, 6.45) is 1.57. The van der Waals surface area contributed by atoms with Crippen molar-refractivity contribution in [1.29, 1.82) is 0 Å². The number of amides is 1. The third-order valence-electron chi connectivity index (χ3n) is 6.47. The first-order valence-corrected chi connectivity index (χ1v) is 14.2. The molecule has 7 nitrogen and oxygen atoms in total. The number of benzene rings is 3. The number of anilines is 1. The van der Waals surface area contributed by atoms with Crippen molar-refractivity contribution in [2.75, 3.05) is 10.8 Å². The van der Waals surface area contributed by atoms with E-state index in [2.05, 4.69) is 47.1 Å². The van der Waals surface area contributed by atoms with Gasteiger partial charge < -0.3 is 4.57 Å². The normalized spacial score (nSPS) is 11.6. The summed E-state index contributed by atoms with van der Waals surface area (Å²) in [5, 5.41) is 4.59. The number of nitrogens with zero attached hydrogens (tertiary/aromatic N) is 3. The maximum absolute atomic E-state index is 13.5. The molecule has 1 N–H and O–H groups in total. The van der Waals surface area contributed by atoms with Gasteiger partial charge in [-0.2, -0.15) is 5.10 Å². The molecule has 1 heterocycles. The fraction of sp³-hybridized carbons (Fsp3) is 0.200. The van der Waals surface area contributed by atoms with Crippen LogP contribution in [0, 0.1) is 34.6 Å². The summed E-state index contributed by atoms with van der Waals surface area (Å²) >= 11 is 6.01. The number of hydrogen-bond acceptors (Lipinski definition) is 4. The Kier molecular flexibility index (Phi) is 8.28. The van der Waals surface area contributed by atoms with Crippen LogP contribution in [0.5, 0.6) is 0 Å². The number of halogens is 1. The quantitative estimate of drug-likeness (QED) is 0.210. The van der Waals surface area contributed by atoms with Gasteiger partial charge in [-0.25, -0.2) is 13.8 Å². The Morgan fingerprint density at radius 2 is 1.56 bits per heavy atom. The van der Waals surface area contributed by atoms with Gasteiger partial charge in [-0.3, -0.25) is 9.10 Å². The second-order valence-electron chi connectivity index (χ2n) is 9.55. The molecular weight excluding hydrogens is 532 g/mol. The SMILES string of the molecule is Cc1ccc(S(=O)(=O)N(CC(=O)N/N=C/c2cc(C)n(-c3ccc(C)cc3C)c2C)c2ccc(Cl)cc2)cc1. The molecule has 0 radical (unpaired) electrons. The first kappa shape index (κ1) is 28.1. The molecule has 1 amide bonds. The average Bonchev–Trinajstić information content (AvgIpc) is 3.16. The van der Waals surface area contributed by atoms with Gasteiger partial charge in [-0.15, -0.1) is 0 Å². The Labute approximate surface area is 234 Å². The number of carbonyl (C=O) groups excluding carboxylic acids is 1. The molecule has 0 aliphatic heterocycles. The predicted molar refractivity (Wildman–Crippen MR) is 158 cm³/mol. The van der Waals surface area contributed by atoms with Crippen LogP contribution in [-0.4, -0.2) is 31.7 Å². The highest BCUT2D eigenvalue weighted by Crippen LogP contribution is 2.26. The van der Waals surface area contributed by atoms with Gasteiger partial charge in [0.2, 0.25) is 0 Å². The number of aromatic nitrogens is 1. The number of carbonyl (C=O) groups is 1. The molecule has 0 saturated heterocycles. The summed E-state index contributed by atoms with van der Waals surface area (Å²) in [6, 6.07) is 21.1. The minimum atomic E-state index is -4.03. The van der Waals surface area contributed by atoms with Crippen LogP contribution < -0.4 is 9.73 Å². The largest absolute Gasteiger partial charge is 0.318 e. The van der Waals surface area contributed by atoms with Gasteiger partial charge >= 0.3 is 0 Å². The smallest absolute Gasteiger partial charge is 0.264 e. The average molecular weight is 563 g/mol. The van der Waals surface area contributed by atoms with E-state index < -0.39 is 22.5 Å². The van der Waals surface area contributed by atoms with Crippen molar-refractivity contribution in [2.45, 2.75) is 39.5 Å². The number of nitrogens with one attached hydrogen (secondary N) is 1. The molecule has 4 aromatic rings. The molecule has 0 aliphatic carbocycles. The number of rotatable bonds is 8. The molecule has 0 aliphatic rings. The topological polar surface area (TPSA) is 83.8 Å². The number of hydrogen-bond donors (Lipinski definition) is 1. The van der Waals surface area contributed by atoms with Gasteiger partial charge in [0.25, 0.3) is 15.9 Å². The first-order valence-electron chi connectivity index (χ1n) is 12.4. The Hall–Kier alpha value is -3.88. The van der Waals surface area contributed by atoms with Gasteiger partial charge in [0.05, 0.1) is 16.8 Å². The van der Waals surface area contributed by atoms with E-state index in [0.717, 1.165) is 38.1 Å². The third-order valence-corrected chi connectivity index (χ3v) is 8.51. The van der Waals surface area contributed by atoms with Crippen LogP contribution in [0.3, 0.4) is 0 Å². The maximum atomic E-state index is 13.5. The van der Waals surface area contributed by atoms with Crippen LogP contribution in [0.25, 0.3) is 5.69 Å². The molecule has 0 unspecified atom stereocenters. The summed E-state index contributed by atoms with van der Waals surface area (Å²) in [5.74, 6) is -0.583. The second-order valence-corrected chi connectivity index (χ2v) is 11.8. The van der Waals surface area contributed by atoms with Crippen LogP contribution >= 0.6 is 11.6 Å². The van der Waals surface area contributed by atoms with E-state index in [-0.39, 0.29) is 4.90 Å². The predicted octanol–water partition coefficient (Wildman–Crippen LogP) is 6.02. The standard InChI is InChI=1S/C30H31ClN4O3S/c1-20-6-13-28(14-7-20)39(37,38)34(27-11-9-26(31)10-12-27)19-30(36)33-32-18-25-17-23(4)35(24(25)5)29-15-8-21(2)16-22(29)3/h6-18H,19H2,1-5H3,(H,33,36)/b32-18+. The Morgan fingerprint density at radius 3 is 2.21 bits per heavy atom. The molecule has 0 fully saturated rings. The monoisotopic (exact) mass is 562 g/mol. The van der Waals surface area contributed by atoms with Crippen molar-refractivity contribution in [1.82, 2.24) is 9.99 Å². The molecule has 0 spiro atoms. The van der Waals surface area contributed by atoms with Crippen LogP contribution in [-0.2, 0) is 14.8 Å². The summed E-state index contributed by atoms with van der Waals surface area (Å²) < 4.78 is 30.2. The summed E-state index contributed by atoms with van der Waals surface area (Å²) in [6.45, 7) is 9.56. The van der Waals surface area contributed by atoms with Crippen molar-refractivity contribution in [3.8, 4) is 5.69 Å². The molecule has 1 aromatic heterocycles. The lowest BCUT2D eigenvalue weighted by molar-refractivity contribution is -0.119. The van der Waals surface area contributed by atoms with Crippen LogP contribution in [0.2, 0.25) is 5.02 Å². The first-order chi connectivity index (χ1) is 18.5. The lowest BCUT2D eigenvalue weighted by Crippen LogP contribution is -2.39. The molecule has 39 heavy (non-hydrogen) atoms. The number of hydrazone groups is 1. The van der Waals surface area contributed by atoms with E-state index in [1.165, 1.54) is 17.7 Å². The Bertz CT molecular complexity index is 1640. The molecule has 9 heteroatoms. The van der Waals surface area contributed by atoms with Crippen LogP contribution in [0.1, 0.15) is 33.6 Å². The zero-order chi connectivity index (χ0) is 28.3. The van der Waals surface area contributed by atoms with Gasteiger partial charge in [-0.05, 0) is 88.7 Å². The number of sulfonamides is 1. The van der Waals surface area contributed by atoms with Crippen molar-refractivity contribution in [3.05, 3.63) is 111 Å². The van der Waals surface area contributed by atoms with E-state index in [0.29, 0.717) is 10.7 Å². The zero-order valence-electron chi connectivity index (χ0n) is 22.6. The van der Waals surface area contributed by atoms with Crippen LogP contribution in [0.15, 0.2) is 82.8 Å². The van der Waals surface area contributed by atoms with Gasteiger partial charge in [0.15, 0.2) is 0 Å². The highest BCUT2D eigenvalue weighted by Gasteiger charge is 2.27. The molecule has 3 aromatic carbocycles. The lowest BCUT2D eigenvalue weighted by atomic mass is 10.1. The van der Waals surface area contributed by atoms with E-state index in [1.54, 1.807) is 42.6 Å². The maximum Gasteiger partial charge on any atom is 0.264 e. The van der Waals surface area contributed by atoms with Crippen molar-refractivity contribution in [2.24, 2.45) is 5.10 Å². The fourth-order valence-electron chi connectivity index (χ4n) is 4.44. The Balaban J connectivity index is 1.56. The minimum Gasteiger partial charge on any atom is -0.318 e. The molecule has 0 atom stereocenters. The highest BCUT2D eigenvalue weighted by atomic mass is 35.5. The molecule has 0 bridgehead atoms. The van der Waals surface area contributed by atoms with Crippen molar-refractivity contribution in [3.63, 3.8) is 0 Å². The van der Waals surface area contributed by atoms with Crippen LogP contribution in [0.4, 0.5) is 5.69 Å².